The summed E-state index contributed by atoms with van der Waals surface area (Å²) in [6.07, 6.45) is 1.57. The van der Waals surface area contributed by atoms with Gasteiger partial charge >= 0.3 is 0 Å². The van der Waals surface area contributed by atoms with E-state index < -0.39 is 6.17 Å². The normalized spacial score (nSPS) is 22.8. The third kappa shape index (κ3) is 3.77. The van der Waals surface area contributed by atoms with Crippen LogP contribution in [0.4, 0.5) is 10.1 Å². The van der Waals surface area contributed by atoms with Crippen molar-refractivity contribution < 1.29 is 13.9 Å². The first-order chi connectivity index (χ1) is 13.5. The monoisotopic (exact) mass is 385 g/mol. The zero-order valence-electron chi connectivity index (χ0n) is 15.8. The van der Waals surface area contributed by atoms with Crippen LogP contribution >= 0.6 is 0 Å². The molecule has 2 saturated heterocycles. The number of anilines is 1. The minimum absolute atomic E-state index is 0.0140. The summed E-state index contributed by atoms with van der Waals surface area (Å²) in [6, 6.07) is 8.05. The molecular weight excluding hydrogens is 361 g/mol. The Hall–Kier alpha value is -2.74. The molecule has 1 aromatic heterocycles. The van der Waals surface area contributed by atoms with Crippen LogP contribution in [0.2, 0.25) is 0 Å². The van der Waals surface area contributed by atoms with Crippen LogP contribution in [0.3, 0.4) is 0 Å². The Morgan fingerprint density at radius 3 is 3.00 bits per heavy atom. The van der Waals surface area contributed by atoms with Gasteiger partial charge in [0.2, 0.25) is 5.91 Å². The summed E-state index contributed by atoms with van der Waals surface area (Å²) in [5, 5.41) is 12.2. The van der Waals surface area contributed by atoms with Crippen molar-refractivity contribution >= 4 is 28.3 Å². The molecule has 0 radical (unpaired) electrons. The quantitative estimate of drug-likeness (QED) is 0.825. The highest BCUT2D eigenvalue weighted by Crippen LogP contribution is 2.27. The average molecular weight is 385 g/mol. The van der Waals surface area contributed by atoms with E-state index in [0.717, 1.165) is 41.9 Å². The first-order valence-electron chi connectivity index (χ1n) is 9.47. The minimum Gasteiger partial charge on any atom is -0.496 e. The Morgan fingerprint density at radius 1 is 1.39 bits per heavy atom. The summed E-state index contributed by atoms with van der Waals surface area (Å²) in [5.74, 6) is 0.684. The second-order valence-corrected chi connectivity index (χ2v) is 7.36. The highest BCUT2D eigenvalue weighted by atomic mass is 19.1. The second-order valence-electron chi connectivity index (χ2n) is 7.36. The SMILES string of the molecule is COc1ccnc2ccc(N[C@@H]3CCN(CC(=O)N4C[C@@H](F)CC4=N)C3)cc12. The molecule has 4 rings (SSSR count). The number of rotatable bonds is 5. The predicted octanol–water partition coefficient (Wildman–Crippen LogP) is 2.28. The lowest BCUT2D eigenvalue weighted by Gasteiger charge is -2.21. The smallest absolute Gasteiger partial charge is 0.242 e. The molecule has 1 amide bonds. The zero-order chi connectivity index (χ0) is 19.7. The Bertz CT molecular complexity index is 905. The van der Waals surface area contributed by atoms with Crippen LogP contribution < -0.4 is 10.1 Å². The van der Waals surface area contributed by atoms with Gasteiger partial charge in [0.25, 0.3) is 0 Å². The lowest BCUT2D eigenvalue weighted by atomic mass is 10.1. The first-order valence-corrected chi connectivity index (χ1v) is 9.47. The minimum atomic E-state index is -1.11. The highest BCUT2D eigenvalue weighted by Gasteiger charge is 2.33. The van der Waals surface area contributed by atoms with Crippen LogP contribution in [0, 0.1) is 5.41 Å². The molecule has 2 atom stereocenters. The first kappa shape index (κ1) is 18.6. The van der Waals surface area contributed by atoms with Gasteiger partial charge in [-0.1, -0.05) is 0 Å². The summed E-state index contributed by atoms with van der Waals surface area (Å²) >= 11 is 0. The summed E-state index contributed by atoms with van der Waals surface area (Å²) in [5.41, 5.74) is 1.86. The molecule has 3 heterocycles. The van der Waals surface area contributed by atoms with E-state index in [1.165, 1.54) is 4.90 Å². The molecule has 0 unspecified atom stereocenters. The van der Waals surface area contributed by atoms with Crippen LogP contribution in [0.15, 0.2) is 30.5 Å². The largest absolute Gasteiger partial charge is 0.496 e. The number of hydrogen-bond acceptors (Lipinski definition) is 6. The number of hydrogen-bond donors (Lipinski definition) is 2. The van der Waals surface area contributed by atoms with Crippen molar-refractivity contribution in [2.45, 2.75) is 25.1 Å². The number of halogens is 1. The molecule has 2 aromatic rings. The van der Waals surface area contributed by atoms with Crippen LogP contribution in [0.5, 0.6) is 5.75 Å². The number of ether oxygens (including phenoxy) is 1. The predicted molar refractivity (Wildman–Crippen MR) is 106 cm³/mol. The molecule has 148 valence electrons. The van der Waals surface area contributed by atoms with Gasteiger partial charge in [-0.05, 0) is 30.7 Å². The summed E-state index contributed by atoms with van der Waals surface area (Å²) < 4.78 is 18.8. The van der Waals surface area contributed by atoms with Crippen LogP contribution in [-0.2, 0) is 4.79 Å². The van der Waals surface area contributed by atoms with Gasteiger partial charge in [-0.25, -0.2) is 4.39 Å². The van der Waals surface area contributed by atoms with Crippen molar-refractivity contribution in [1.29, 1.82) is 5.41 Å². The number of pyridine rings is 1. The van der Waals surface area contributed by atoms with E-state index >= 15 is 0 Å². The Kier molecular flexibility index (Phi) is 5.13. The molecule has 2 N–H and O–H groups in total. The third-order valence-corrected chi connectivity index (χ3v) is 5.35. The van der Waals surface area contributed by atoms with Crippen molar-refractivity contribution in [2.75, 3.05) is 38.6 Å². The van der Waals surface area contributed by atoms with E-state index in [1.54, 1.807) is 13.3 Å². The van der Waals surface area contributed by atoms with Crippen molar-refractivity contribution in [1.82, 2.24) is 14.8 Å². The fraction of sp³-hybridized carbons (Fsp3) is 0.450. The van der Waals surface area contributed by atoms with Crippen LogP contribution in [0.1, 0.15) is 12.8 Å². The van der Waals surface area contributed by atoms with Gasteiger partial charge in [0, 0.05) is 42.8 Å². The van der Waals surface area contributed by atoms with Crippen LogP contribution in [0.25, 0.3) is 10.9 Å². The van der Waals surface area contributed by atoms with Gasteiger partial charge in [0.15, 0.2) is 0 Å². The number of carbonyl (C=O) groups is 1. The Balaban J connectivity index is 1.36. The number of benzene rings is 1. The molecular formula is C20H24FN5O2. The van der Waals surface area contributed by atoms with Gasteiger partial charge < -0.3 is 10.1 Å². The van der Waals surface area contributed by atoms with Gasteiger partial charge in [0.05, 0.1) is 25.7 Å². The number of aromatic nitrogens is 1. The number of nitrogens with zero attached hydrogens (tertiary/aromatic N) is 3. The lowest BCUT2D eigenvalue weighted by molar-refractivity contribution is -0.128. The molecule has 8 heteroatoms. The molecule has 2 aliphatic rings. The molecule has 1 aromatic carbocycles. The number of alkyl halides is 1. The molecule has 0 saturated carbocycles. The standard InChI is InChI=1S/C20H24FN5O2/c1-28-18-4-6-23-17-3-2-14(9-16(17)18)24-15-5-7-25(11-15)12-20(27)26-10-13(21)8-19(26)22/h2-4,6,9,13,15,22,24H,5,7-8,10-12H2,1H3/t13-,15+/m0/s1. The number of fused-ring (bicyclic) bond motifs is 1. The van der Waals surface area contributed by atoms with E-state index in [2.05, 4.69) is 15.2 Å². The fourth-order valence-corrected chi connectivity index (χ4v) is 3.94. The van der Waals surface area contributed by atoms with Gasteiger partial charge in [-0.2, -0.15) is 0 Å². The average Bonchev–Trinajstić information content (AvgIpc) is 3.26. The Labute approximate surface area is 163 Å². The highest BCUT2D eigenvalue weighted by molar-refractivity contribution is 5.99. The number of amides is 1. The van der Waals surface area contributed by atoms with Crippen molar-refractivity contribution in [3.63, 3.8) is 0 Å². The van der Waals surface area contributed by atoms with Gasteiger partial charge in [-0.3, -0.25) is 25.0 Å². The number of amidine groups is 1. The third-order valence-electron chi connectivity index (χ3n) is 5.35. The lowest BCUT2D eigenvalue weighted by Crippen LogP contribution is -2.41. The summed E-state index contributed by atoms with van der Waals surface area (Å²) in [4.78, 5) is 20.1. The maximum atomic E-state index is 13.4. The second kappa shape index (κ2) is 7.71. The Morgan fingerprint density at radius 2 is 2.25 bits per heavy atom. The maximum absolute atomic E-state index is 13.4. The maximum Gasteiger partial charge on any atom is 0.242 e. The fourth-order valence-electron chi connectivity index (χ4n) is 3.94. The van der Waals surface area contributed by atoms with E-state index in [4.69, 9.17) is 10.1 Å². The van der Waals surface area contributed by atoms with Gasteiger partial charge in [0.1, 0.15) is 17.8 Å². The van der Waals surface area contributed by atoms with Crippen LogP contribution in [-0.4, -0.2) is 72.0 Å². The van der Waals surface area contributed by atoms with Crippen molar-refractivity contribution in [3.05, 3.63) is 30.5 Å². The van der Waals surface area contributed by atoms with E-state index in [9.17, 15) is 9.18 Å². The van der Waals surface area contributed by atoms with E-state index in [1.807, 2.05) is 24.3 Å². The molecule has 28 heavy (non-hydrogen) atoms. The van der Waals surface area contributed by atoms with Crippen molar-refractivity contribution in [3.8, 4) is 5.75 Å². The van der Waals surface area contributed by atoms with E-state index in [0.29, 0.717) is 0 Å². The zero-order valence-corrected chi connectivity index (χ0v) is 15.8. The number of methoxy groups -OCH3 is 1. The summed E-state index contributed by atoms with van der Waals surface area (Å²) in [6.45, 7) is 1.76. The number of nitrogens with one attached hydrogen (secondary N) is 2. The number of likely N-dealkylation sites (tertiary alicyclic amines) is 2. The molecule has 2 aliphatic heterocycles. The van der Waals surface area contributed by atoms with E-state index in [-0.39, 0.29) is 37.3 Å². The van der Waals surface area contributed by atoms with Crippen molar-refractivity contribution in [2.24, 2.45) is 0 Å². The molecule has 7 nitrogen and oxygen atoms in total. The number of carbonyl (C=O) groups excluding carboxylic acids is 1. The molecule has 2 fully saturated rings. The summed E-state index contributed by atoms with van der Waals surface area (Å²) in [7, 11) is 1.64. The molecule has 0 spiro atoms. The molecule has 0 bridgehead atoms. The molecule has 0 aliphatic carbocycles. The van der Waals surface area contributed by atoms with Gasteiger partial charge in [-0.15, -0.1) is 0 Å². The topological polar surface area (TPSA) is 81.6 Å².